The second-order valence-electron chi connectivity index (χ2n) is 7.01. The van der Waals surface area contributed by atoms with Gasteiger partial charge in [-0.3, -0.25) is 9.59 Å². The fourth-order valence-electron chi connectivity index (χ4n) is 3.94. The second-order valence-corrected chi connectivity index (χ2v) is 7.93. The van der Waals surface area contributed by atoms with Gasteiger partial charge in [-0.2, -0.15) is 0 Å². The van der Waals surface area contributed by atoms with Crippen molar-refractivity contribution < 1.29 is 18.7 Å². The number of rotatable bonds is 4. The summed E-state index contributed by atoms with van der Waals surface area (Å²) in [6, 6.07) is 7.51. The lowest BCUT2D eigenvalue weighted by Crippen LogP contribution is -2.39. The molecular weight excluding hydrogens is 400 g/mol. The molecule has 4 rings (SSSR count). The van der Waals surface area contributed by atoms with E-state index in [1.54, 1.807) is 0 Å². The Morgan fingerprint density at radius 1 is 1.15 bits per heavy atom. The summed E-state index contributed by atoms with van der Waals surface area (Å²) in [7, 11) is 0. The summed E-state index contributed by atoms with van der Waals surface area (Å²) < 4.78 is 11.9. The van der Waals surface area contributed by atoms with E-state index in [1.165, 1.54) is 0 Å². The molecule has 2 aliphatic carbocycles. The van der Waals surface area contributed by atoms with Crippen LogP contribution in [0.1, 0.15) is 38.0 Å². The van der Waals surface area contributed by atoms with Crippen LogP contribution < -0.4 is 0 Å². The quantitative estimate of drug-likeness (QED) is 0.699. The fraction of sp³-hybridized carbons (Fsp3) is 0.474. The number of fused-ring (bicyclic) bond motifs is 2. The van der Waals surface area contributed by atoms with Crippen molar-refractivity contribution in [2.45, 2.75) is 38.7 Å². The molecule has 2 aliphatic rings. The lowest BCUT2D eigenvalue weighted by atomic mass is 9.67. The molecule has 136 valence electrons. The van der Waals surface area contributed by atoms with Crippen LogP contribution in [0.3, 0.4) is 0 Å². The Hall–Kier alpha value is -2.02. The van der Waals surface area contributed by atoms with Crippen LogP contribution in [0.2, 0.25) is 0 Å². The van der Waals surface area contributed by atoms with Gasteiger partial charge < -0.3 is 9.15 Å². The van der Waals surface area contributed by atoms with Crippen molar-refractivity contribution in [2.24, 2.45) is 17.8 Å². The van der Waals surface area contributed by atoms with E-state index in [0.717, 1.165) is 29.3 Å². The lowest BCUT2D eigenvalue weighted by molar-refractivity contribution is -0.155. The number of Topliss-reactive ketones (excluding diaryl/α,β-unsaturated/α-hetero) is 1. The van der Waals surface area contributed by atoms with Gasteiger partial charge in [0.2, 0.25) is 5.89 Å². The van der Waals surface area contributed by atoms with E-state index >= 15 is 0 Å². The molecule has 2 atom stereocenters. The smallest absolute Gasteiger partial charge is 0.309 e. The van der Waals surface area contributed by atoms with Gasteiger partial charge in [-0.05, 0) is 49.9 Å². The summed E-state index contributed by atoms with van der Waals surface area (Å²) in [5.41, 5.74) is 0.803. The zero-order valence-corrected chi connectivity index (χ0v) is 15.8. The van der Waals surface area contributed by atoms with Gasteiger partial charge in [-0.1, -0.05) is 22.4 Å². The minimum atomic E-state index is -0.266. The van der Waals surface area contributed by atoms with Crippen molar-refractivity contribution in [3.05, 3.63) is 34.6 Å². The average Bonchev–Trinajstić information content (AvgIpc) is 3.09. The molecule has 0 radical (unpaired) electrons. The van der Waals surface area contributed by atoms with E-state index in [1.807, 2.05) is 24.3 Å². The molecule has 0 saturated heterocycles. The Bertz CT molecular complexity index is 801. The number of esters is 1. The standard InChI is InChI=1S/C19H19BrN2O4/c20-15-6-4-11(5-7-15)18-22-21-16(26-18)10-25-19(24)14-8-12-2-1-3-13(9-14)17(12)23/h4-7,12-14H,1-3,8-10H2. The van der Waals surface area contributed by atoms with Crippen LogP contribution in [0, 0.1) is 17.8 Å². The second kappa shape index (κ2) is 7.31. The first-order valence-corrected chi connectivity index (χ1v) is 9.68. The molecule has 26 heavy (non-hydrogen) atoms. The number of hydrogen-bond acceptors (Lipinski definition) is 6. The molecule has 1 aromatic carbocycles. The molecule has 6 nitrogen and oxygen atoms in total. The zero-order chi connectivity index (χ0) is 18.1. The van der Waals surface area contributed by atoms with E-state index in [0.29, 0.717) is 24.5 Å². The van der Waals surface area contributed by atoms with Gasteiger partial charge in [0.15, 0.2) is 6.61 Å². The van der Waals surface area contributed by atoms with Crippen molar-refractivity contribution in [3.63, 3.8) is 0 Å². The van der Waals surface area contributed by atoms with Gasteiger partial charge in [0.05, 0.1) is 5.92 Å². The molecule has 7 heteroatoms. The highest BCUT2D eigenvalue weighted by molar-refractivity contribution is 9.10. The van der Waals surface area contributed by atoms with E-state index in [-0.39, 0.29) is 36.2 Å². The minimum Gasteiger partial charge on any atom is -0.455 e. The predicted octanol–water partition coefficient (Wildman–Crippen LogP) is 3.94. The Morgan fingerprint density at radius 3 is 2.54 bits per heavy atom. The third kappa shape index (κ3) is 3.58. The fourth-order valence-corrected chi connectivity index (χ4v) is 4.21. The van der Waals surface area contributed by atoms with Crippen LogP contribution in [0.4, 0.5) is 0 Å². The van der Waals surface area contributed by atoms with Crippen LogP contribution in [0.5, 0.6) is 0 Å². The molecule has 2 bridgehead atoms. The Labute approximate surface area is 159 Å². The molecule has 2 saturated carbocycles. The highest BCUT2D eigenvalue weighted by atomic mass is 79.9. The van der Waals surface area contributed by atoms with Crippen molar-refractivity contribution in [2.75, 3.05) is 0 Å². The van der Waals surface area contributed by atoms with Gasteiger partial charge in [0.1, 0.15) is 5.78 Å². The SMILES string of the molecule is O=C(OCc1nnc(-c2ccc(Br)cc2)o1)C1CC2CCCC(C1)C2=O. The number of carbonyl (C=O) groups excluding carboxylic acids is 2. The molecular formula is C19H19BrN2O4. The first-order valence-electron chi connectivity index (χ1n) is 8.89. The minimum absolute atomic E-state index is 0.0347. The number of ketones is 1. The summed E-state index contributed by atoms with van der Waals surface area (Å²) in [6.07, 6.45) is 4.12. The molecule has 1 aromatic heterocycles. The van der Waals surface area contributed by atoms with Crippen LogP contribution >= 0.6 is 15.9 Å². The van der Waals surface area contributed by atoms with E-state index in [4.69, 9.17) is 9.15 Å². The normalized spacial score (nSPS) is 25.1. The molecule has 2 fully saturated rings. The van der Waals surface area contributed by atoms with Crippen LogP contribution in [0.15, 0.2) is 33.2 Å². The number of hydrogen-bond donors (Lipinski definition) is 0. The number of ether oxygens (including phenoxy) is 1. The highest BCUT2D eigenvalue weighted by Crippen LogP contribution is 2.40. The third-order valence-corrected chi connectivity index (χ3v) is 5.81. The topological polar surface area (TPSA) is 82.3 Å². The lowest BCUT2D eigenvalue weighted by Gasteiger charge is -2.36. The number of aromatic nitrogens is 2. The van der Waals surface area contributed by atoms with Crippen LogP contribution in [-0.2, 0) is 20.9 Å². The Morgan fingerprint density at radius 2 is 1.85 bits per heavy atom. The molecule has 2 aromatic rings. The monoisotopic (exact) mass is 418 g/mol. The molecule has 0 aliphatic heterocycles. The maximum absolute atomic E-state index is 12.4. The Balaban J connectivity index is 1.35. The summed E-state index contributed by atoms with van der Waals surface area (Å²) in [6.45, 7) is -0.0395. The molecule has 0 amide bonds. The van der Waals surface area contributed by atoms with E-state index < -0.39 is 0 Å². The van der Waals surface area contributed by atoms with Crippen molar-refractivity contribution in [3.8, 4) is 11.5 Å². The van der Waals surface area contributed by atoms with Crippen molar-refractivity contribution in [1.29, 1.82) is 0 Å². The first kappa shape index (κ1) is 17.4. The maximum Gasteiger partial charge on any atom is 0.309 e. The molecule has 0 N–H and O–H groups in total. The predicted molar refractivity (Wildman–Crippen MR) is 95.8 cm³/mol. The number of carbonyl (C=O) groups is 2. The summed E-state index contributed by atoms with van der Waals surface area (Å²) in [5.74, 6) is 0.607. The summed E-state index contributed by atoms with van der Waals surface area (Å²) in [5, 5.41) is 7.94. The number of benzene rings is 1. The Kier molecular flexibility index (Phi) is 4.89. The summed E-state index contributed by atoms with van der Waals surface area (Å²) in [4.78, 5) is 24.5. The highest BCUT2D eigenvalue weighted by Gasteiger charge is 2.41. The van der Waals surface area contributed by atoms with Gasteiger partial charge in [0, 0.05) is 21.9 Å². The molecule has 0 spiro atoms. The van der Waals surface area contributed by atoms with Gasteiger partial charge in [-0.25, -0.2) is 0 Å². The third-order valence-electron chi connectivity index (χ3n) is 5.28. The summed E-state index contributed by atoms with van der Waals surface area (Å²) >= 11 is 3.38. The van der Waals surface area contributed by atoms with Crippen LogP contribution in [0.25, 0.3) is 11.5 Å². The zero-order valence-electron chi connectivity index (χ0n) is 14.2. The van der Waals surface area contributed by atoms with E-state index in [9.17, 15) is 9.59 Å². The number of halogens is 1. The largest absolute Gasteiger partial charge is 0.455 e. The molecule has 1 heterocycles. The van der Waals surface area contributed by atoms with E-state index in [2.05, 4.69) is 26.1 Å². The van der Waals surface area contributed by atoms with Gasteiger partial charge in [-0.15, -0.1) is 10.2 Å². The van der Waals surface area contributed by atoms with Gasteiger partial charge in [0.25, 0.3) is 5.89 Å². The van der Waals surface area contributed by atoms with Crippen molar-refractivity contribution in [1.82, 2.24) is 10.2 Å². The van der Waals surface area contributed by atoms with Crippen LogP contribution in [-0.4, -0.2) is 21.9 Å². The maximum atomic E-state index is 12.4. The van der Waals surface area contributed by atoms with Crippen molar-refractivity contribution >= 4 is 27.7 Å². The molecule has 2 unspecified atom stereocenters. The number of nitrogens with zero attached hydrogens (tertiary/aromatic N) is 2. The van der Waals surface area contributed by atoms with Gasteiger partial charge >= 0.3 is 5.97 Å². The average molecular weight is 419 g/mol. The first-order chi connectivity index (χ1) is 12.6.